The van der Waals surface area contributed by atoms with E-state index in [9.17, 15) is 4.79 Å². The van der Waals surface area contributed by atoms with E-state index in [1.807, 2.05) is 0 Å². The van der Waals surface area contributed by atoms with Crippen LogP contribution < -0.4 is 5.43 Å². The zero-order valence-corrected chi connectivity index (χ0v) is 6.48. The minimum absolute atomic E-state index is 0.0821. The Hall–Kier alpha value is -1.20. The molecule has 3 heteroatoms. The average molecular weight is 168 g/mol. The maximum atomic E-state index is 11.0. The zero-order valence-electron chi connectivity index (χ0n) is 5.73. The van der Waals surface area contributed by atoms with Crippen LogP contribution in [0.4, 0.5) is 0 Å². The van der Waals surface area contributed by atoms with E-state index in [1.165, 1.54) is 6.07 Å². The third-order valence-electron chi connectivity index (χ3n) is 1.11. The molecule has 0 fully saturated rings. The Morgan fingerprint density at radius 3 is 3.09 bits per heavy atom. The topological polar surface area (TPSA) is 32.9 Å². The van der Waals surface area contributed by atoms with Crippen molar-refractivity contribution in [1.82, 2.24) is 4.98 Å². The van der Waals surface area contributed by atoms with Crippen LogP contribution in [0.1, 0.15) is 5.56 Å². The molecule has 0 radical (unpaired) electrons. The highest BCUT2D eigenvalue weighted by Crippen LogP contribution is 1.83. The summed E-state index contributed by atoms with van der Waals surface area (Å²) < 4.78 is 0. The molecule has 0 bridgehead atoms. The summed E-state index contributed by atoms with van der Waals surface area (Å²) in [5, 5.41) is 0. The Bertz CT molecular complexity index is 345. The lowest BCUT2D eigenvalue weighted by atomic mass is 10.3. The predicted molar refractivity (Wildman–Crippen MR) is 44.7 cm³/mol. The van der Waals surface area contributed by atoms with Crippen LogP contribution in [0.25, 0.3) is 0 Å². The summed E-state index contributed by atoms with van der Waals surface area (Å²) >= 11 is 5.32. The molecule has 0 aliphatic carbocycles. The lowest BCUT2D eigenvalue weighted by molar-refractivity contribution is 1.28. The molecule has 2 nitrogen and oxygen atoms in total. The lowest BCUT2D eigenvalue weighted by Crippen LogP contribution is -2.02. The summed E-state index contributed by atoms with van der Waals surface area (Å²) in [6.45, 7) is 0. The fourth-order valence-corrected chi connectivity index (χ4v) is 0.709. The summed E-state index contributed by atoms with van der Waals surface area (Å²) in [5.41, 5.74) is 0.370. The van der Waals surface area contributed by atoms with Crippen molar-refractivity contribution in [3.8, 4) is 11.8 Å². The Balaban J connectivity index is 3.05. The van der Waals surface area contributed by atoms with E-state index in [4.69, 9.17) is 11.6 Å². The largest absolute Gasteiger partial charge is 0.366 e. The van der Waals surface area contributed by atoms with Crippen LogP contribution in [0.3, 0.4) is 0 Å². The van der Waals surface area contributed by atoms with Gasteiger partial charge in [0, 0.05) is 18.5 Å². The number of alkyl halides is 1. The van der Waals surface area contributed by atoms with Gasteiger partial charge in [-0.05, 0) is 0 Å². The first kappa shape index (κ1) is 7.90. The zero-order chi connectivity index (χ0) is 8.10. The lowest BCUT2D eigenvalue weighted by Gasteiger charge is -1.84. The van der Waals surface area contributed by atoms with E-state index >= 15 is 0 Å². The second-order valence-corrected chi connectivity index (χ2v) is 2.12. The second-order valence-electron chi connectivity index (χ2n) is 1.86. The van der Waals surface area contributed by atoms with Crippen LogP contribution in [0.15, 0.2) is 23.3 Å². The van der Waals surface area contributed by atoms with Gasteiger partial charge in [-0.2, -0.15) is 0 Å². The molecular formula is C8H6ClNO. The van der Waals surface area contributed by atoms with Gasteiger partial charge in [0.2, 0.25) is 0 Å². The summed E-state index contributed by atoms with van der Waals surface area (Å²) in [4.78, 5) is 13.7. The highest BCUT2D eigenvalue weighted by molar-refractivity contribution is 6.19. The van der Waals surface area contributed by atoms with Gasteiger partial charge in [0.05, 0.1) is 11.4 Å². The summed E-state index contributed by atoms with van der Waals surface area (Å²) in [5.74, 6) is 5.48. The molecule has 1 aromatic rings. The summed E-state index contributed by atoms with van der Waals surface area (Å²) in [6.07, 6.45) is 3.12. The summed E-state index contributed by atoms with van der Waals surface area (Å²) in [7, 11) is 0. The molecule has 1 aromatic heterocycles. The van der Waals surface area contributed by atoms with Gasteiger partial charge in [-0.15, -0.1) is 11.6 Å². The van der Waals surface area contributed by atoms with Gasteiger partial charge in [0.25, 0.3) is 0 Å². The molecule has 0 aliphatic heterocycles. The molecule has 0 saturated carbocycles. The highest BCUT2D eigenvalue weighted by Gasteiger charge is 1.89. The van der Waals surface area contributed by atoms with Crippen molar-refractivity contribution in [2.75, 3.05) is 5.88 Å². The first-order valence-corrected chi connectivity index (χ1v) is 3.60. The number of aromatic amines is 1. The average Bonchev–Trinajstić information content (AvgIpc) is 2.03. The van der Waals surface area contributed by atoms with Crippen LogP contribution in [-0.4, -0.2) is 10.9 Å². The minimum Gasteiger partial charge on any atom is -0.366 e. The fourth-order valence-electron chi connectivity index (χ4n) is 0.642. The van der Waals surface area contributed by atoms with Crippen molar-refractivity contribution < 1.29 is 0 Å². The molecule has 0 aromatic carbocycles. The van der Waals surface area contributed by atoms with Crippen LogP contribution >= 0.6 is 11.6 Å². The van der Waals surface area contributed by atoms with E-state index in [2.05, 4.69) is 16.8 Å². The molecule has 56 valence electrons. The van der Waals surface area contributed by atoms with Crippen molar-refractivity contribution in [2.45, 2.75) is 0 Å². The van der Waals surface area contributed by atoms with Gasteiger partial charge >= 0.3 is 0 Å². The normalized spacial score (nSPS) is 8.45. The first-order chi connectivity index (χ1) is 5.34. The Morgan fingerprint density at radius 1 is 1.64 bits per heavy atom. The maximum Gasteiger partial charge on any atom is 0.197 e. The SMILES string of the molecule is O=c1cc[nH]cc1C#CCCl. The molecular weight excluding hydrogens is 162 g/mol. The Labute approximate surface area is 69.2 Å². The molecule has 0 atom stereocenters. The molecule has 0 aliphatic rings. The van der Waals surface area contributed by atoms with E-state index in [0.717, 1.165) is 0 Å². The molecule has 0 spiro atoms. The van der Waals surface area contributed by atoms with Crippen LogP contribution in [0.5, 0.6) is 0 Å². The molecule has 0 amide bonds. The van der Waals surface area contributed by atoms with Crippen LogP contribution in [0.2, 0.25) is 0 Å². The van der Waals surface area contributed by atoms with Crippen molar-refractivity contribution in [1.29, 1.82) is 0 Å². The number of pyridine rings is 1. The first-order valence-electron chi connectivity index (χ1n) is 3.06. The van der Waals surface area contributed by atoms with Gasteiger partial charge < -0.3 is 4.98 Å². The second kappa shape index (κ2) is 3.85. The van der Waals surface area contributed by atoms with Gasteiger partial charge in [-0.3, -0.25) is 4.79 Å². The fraction of sp³-hybridized carbons (Fsp3) is 0.125. The van der Waals surface area contributed by atoms with E-state index in [-0.39, 0.29) is 11.3 Å². The number of nitrogens with one attached hydrogen (secondary N) is 1. The van der Waals surface area contributed by atoms with Crippen LogP contribution in [-0.2, 0) is 0 Å². The number of H-pyrrole nitrogens is 1. The maximum absolute atomic E-state index is 11.0. The standard InChI is InChI=1S/C8H6ClNO/c9-4-1-2-7-6-10-5-3-8(7)11/h3,5-6H,4H2,(H,10,11). The molecule has 1 N–H and O–H groups in total. The number of hydrogen-bond acceptors (Lipinski definition) is 1. The van der Waals surface area contributed by atoms with E-state index < -0.39 is 0 Å². The smallest absolute Gasteiger partial charge is 0.197 e. The third-order valence-corrected chi connectivity index (χ3v) is 1.25. The number of aromatic nitrogens is 1. The minimum atomic E-state index is -0.0821. The van der Waals surface area contributed by atoms with Crippen LogP contribution in [0, 0.1) is 11.8 Å². The molecule has 1 rings (SSSR count). The number of hydrogen-bond donors (Lipinski definition) is 1. The Morgan fingerprint density at radius 2 is 2.45 bits per heavy atom. The highest BCUT2D eigenvalue weighted by atomic mass is 35.5. The monoisotopic (exact) mass is 167 g/mol. The van der Waals surface area contributed by atoms with Crippen molar-refractivity contribution in [2.24, 2.45) is 0 Å². The van der Waals surface area contributed by atoms with Gasteiger partial charge in [0.1, 0.15) is 0 Å². The van der Waals surface area contributed by atoms with Gasteiger partial charge in [0.15, 0.2) is 5.43 Å². The molecule has 1 heterocycles. The number of halogens is 1. The third kappa shape index (κ3) is 2.14. The molecule has 11 heavy (non-hydrogen) atoms. The van der Waals surface area contributed by atoms with Gasteiger partial charge in [-0.25, -0.2) is 0 Å². The summed E-state index contributed by atoms with van der Waals surface area (Å²) in [6, 6.07) is 1.43. The van der Waals surface area contributed by atoms with Crippen molar-refractivity contribution in [3.63, 3.8) is 0 Å². The van der Waals surface area contributed by atoms with E-state index in [0.29, 0.717) is 5.56 Å². The predicted octanol–water partition coefficient (Wildman–Crippen LogP) is 0.965. The molecule has 0 unspecified atom stereocenters. The van der Waals surface area contributed by atoms with E-state index in [1.54, 1.807) is 12.4 Å². The molecule has 0 saturated heterocycles. The van der Waals surface area contributed by atoms with Crippen molar-refractivity contribution >= 4 is 11.6 Å². The van der Waals surface area contributed by atoms with Gasteiger partial charge in [-0.1, -0.05) is 11.8 Å². The van der Waals surface area contributed by atoms with Crippen molar-refractivity contribution in [3.05, 3.63) is 34.2 Å². The Kier molecular flexibility index (Phi) is 2.76. The quantitative estimate of drug-likeness (QED) is 0.453. The number of rotatable bonds is 0.